The SMILES string of the molecule is C[CH][C@@H](N)N1CCc2ccc3c(c21)CCO3. The van der Waals surface area contributed by atoms with Crippen molar-refractivity contribution in [3.05, 3.63) is 29.7 Å². The zero-order valence-electron chi connectivity index (χ0n) is 9.57. The van der Waals surface area contributed by atoms with E-state index in [1.807, 2.05) is 13.3 Å². The van der Waals surface area contributed by atoms with Crippen LogP contribution in [-0.2, 0) is 12.8 Å². The van der Waals surface area contributed by atoms with Gasteiger partial charge in [0.15, 0.2) is 0 Å². The molecule has 0 spiro atoms. The molecule has 0 amide bonds. The molecule has 1 aromatic carbocycles. The standard InChI is InChI=1S/C13H17N2O/c1-2-12(14)15-7-5-9-3-4-11-10(13(9)15)6-8-16-11/h2-4,12H,5-8,14H2,1H3/t12-/m0/s1. The van der Waals surface area contributed by atoms with E-state index < -0.39 is 0 Å². The van der Waals surface area contributed by atoms with Crippen LogP contribution in [0.4, 0.5) is 5.69 Å². The number of nitrogens with two attached hydrogens (primary N) is 1. The van der Waals surface area contributed by atoms with E-state index in [4.69, 9.17) is 10.5 Å². The summed E-state index contributed by atoms with van der Waals surface area (Å²) >= 11 is 0. The average Bonchev–Trinajstić information content (AvgIpc) is 2.92. The topological polar surface area (TPSA) is 38.5 Å². The number of fused-ring (bicyclic) bond motifs is 3. The van der Waals surface area contributed by atoms with Crippen LogP contribution in [0, 0.1) is 6.42 Å². The van der Waals surface area contributed by atoms with Crippen LogP contribution in [0.5, 0.6) is 5.75 Å². The number of hydrogen-bond donors (Lipinski definition) is 1. The summed E-state index contributed by atoms with van der Waals surface area (Å²) < 4.78 is 5.61. The normalized spacial score (nSPS) is 19.2. The molecule has 1 atom stereocenters. The van der Waals surface area contributed by atoms with E-state index in [0.717, 1.165) is 31.7 Å². The van der Waals surface area contributed by atoms with E-state index >= 15 is 0 Å². The van der Waals surface area contributed by atoms with E-state index in [1.165, 1.54) is 16.8 Å². The summed E-state index contributed by atoms with van der Waals surface area (Å²) in [5.41, 5.74) is 10.2. The highest BCUT2D eigenvalue weighted by Crippen LogP contribution is 2.40. The van der Waals surface area contributed by atoms with Crippen molar-refractivity contribution in [3.63, 3.8) is 0 Å². The molecule has 3 heteroatoms. The maximum Gasteiger partial charge on any atom is 0.124 e. The summed E-state index contributed by atoms with van der Waals surface area (Å²) in [5, 5.41) is 0. The smallest absolute Gasteiger partial charge is 0.124 e. The van der Waals surface area contributed by atoms with Gasteiger partial charge in [0.1, 0.15) is 5.75 Å². The lowest BCUT2D eigenvalue weighted by atomic mass is 10.0. The summed E-state index contributed by atoms with van der Waals surface area (Å²) in [5.74, 6) is 1.05. The van der Waals surface area contributed by atoms with Gasteiger partial charge < -0.3 is 15.4 Å². The van der Waals surface area contributed by atoms with E-state index in [-0.39, 0.29) is 6.17 Å². The molecule has 1 aromatic rings. The Morgan fingerprint density at radius 2 is 2.31 bits per heavy atom. The second-order valence-corrected chi connectivity index (χ2v) is 4.42. The van der Waals surface area contributed by atoms with Crippen LogP contribution in [-0.4, -0.2) is 19.3 Å². The fourth-order valence-electron chi connectivity index (χ4n) is 2.70. The fourth-order valence-corrected chi connectivity index (χ4v) is 2.70. The van der Waals surface area contributed by atoms with Crippen LogP contribution in [0.15, 0.2) is 12.1 Å². The lowest BCUT2D eigenvalue weighted by Crippen LogP contribution is -2.41. The van der Waals surface area contributed by atoms with Gasteiger partial charge in [0.05, 0.1) is 12.8 Å². The van der Waals surface area contributed by atoms with Gasteiger partial charge in [-0.15, -0.1) is 0 Å². The number of rotatable bonds is 2. The van der Waals surface area contributed by atoms with Crippen LogP contribution >= 0.6 is 0 Å². The Morgan fingerprint density at radius 3 is 3.12 bits per heavy atom. The minimum absolute atomic E-state index is 0.0216. The molecule has 2 heterocycles. The Balaban J connectivity index is 2.07. The Labute approximate surface area is 96.2 Å². The van der Waals surface area contributed by atoms with E-state index in [9.17, 15) is 0 Å². The molecule has 2 N–H and O–H groups in total. The van der Waals surface area contributed by atoms with Gasteiger partial charge in [-0.3, -0.25) is 0 Å². The highest BCUT2D eigenvalue weighted by molar-refractivity contribution is 5.69. The summed E-state index contributed by atoms with van der Waals surface area (Å²) in [4.78, 5) is 2.29. The predicted octanol–water partition coefficient (Wildman–Crippen LogP) is 1.49. The number of anilines is 1. The van der Waals surface area contributed by atoms with Crippen LogP contribution in [0.1, 0.15) is 18.1 Å². The molecule has 0 aromatic heterocycles. The van der Waals surface area contributed by atoms with Gasteiger partial charge in [-0.05, 0) is 24.5 Å². The summed E-state index contributed by atoms with van der Waals surface area (Å²) in [7, 11) is 0. The first-order valence-electron chi connectivity index (χ1n) is 5.90. The Kier molecular flexibility index (Phi) is 2.28. The van der Waals surface area contributed by atoms with Gasteiger partial charge in [-0.1, -0.05) is 13.0 Å². The second-order valence-electron chi connectivity index (χ2n) is 4.42. The molecule has 3 nitrogen and oxygen atoms in total. The Bertz CT molecular complexity index is 417. The summed E-state index contributed by atoms with van der Waals surface area (Å²) in [6, 6.07) is 4.29. The highest BCUT2D eigenvalue weighted by Gasteiger charge is 2.29. The van der Waals surface area contributed by atoms with Crippen molar-refractivity contribution in [3.8, 4) is 5.75 Å². The zero-order chi connectivity index (χ0) is 11.1. The van der Waals surface area contributed by atoms with Gasteiger partial charge >= 0.3 is 0 Å². The van der Waals surface area contributed by atoms with E-state index in [1.54, 1.807) is 0 Å². The first kappa shape index (κ1) is 9.97. The van der Waals surface area contributed by atoms with Gasteiger partial charge in [0.2, 0.25) is 0 Å². The third-order valence-electron chi connectivity index (χ3n) is 3.54. The third-order valence-corrected chi connectivity index (χ3v) is 3.54. The molecule has 3 rings (SSSR count). The van der Waals surface area contributed by atoms with Crippen molar-refractivity contribution >= 4 is 5.69 Å². The average molecular weight is 217 g/mol. The molecule has 1 radical (unpaired) electrons. The van der Waals surface area contributed by atoms with Crippen molar-refractivity contribution < 1.29 is 4.74 Å². The maximum atomic E-state index is 6.12. The predicted molar refractivity (Wildman–Crippen MR) is 64.6 cm³/mol. The first-order valence-corrected chi connectivity index (χ1v) is 5.90. The molecule has 0 fully saturated rings. The van der Waals surface area contributed by atoms with Gasteiger partial charge in [-0.2, -0.15) is 0 Å². The molecule has 0 bridgehead atoms. The first-order chi connectivity index (χ1) is 7.81. The van der Waals surface area contributed by atoms with Crippen LogP contribution < -0.4 is 15.4 Å². The highest BCUT2D eigenvalue weighted by atomic mass is 16.5. The van der Waals surface area contributed by atoms with E-state index in [0.29, 0.717) is 0 Å². The molecule has 2 aliphatic rings. The number of hydrogen-bond acceptors (Lipinski definition) is 3. The molecule has 85 valence electrons. The largest absolute Gasteiger partial charge is 0.493 e. The molecule has 16 heavy (non-hydrogen) atoms. The minimum atomic E-state index is 0.0216. The summed E-state index contributed by atoms with van der Waals surface area (Å²) in [6.07, 6.45) is 4.19. The van der Waals surface area contributed by atoms with Crippen molar-refractivity contribution in [1.29, 1.82) is 0 Å². The summed E-state index contributed by atoms with van der Waals surface area (Å²) in [6.45, 7) is 3.85. The molecule has 0 saturated heterocycles. The Morgan fingerprint density at radius 1 is 1.44 bits per heavy atom. The quantitative estimate of drug-likeness (QED) is 0.815. The number of ether oxygens (including phenoxy) is 1. The maximum absolute atomic E-state index is 6.12. The van der Waals surface area contributed by atoms with E-state index in [2.05, 4.69) is 17.0 Å². The minimum Gasteiger partial charge on any atom is -0.493 e. The van der Waals surface area contributed by atoms with Crippen LogP contribution in [0.25, 0.3) is 0 Å². The second kappa shape index (κ2) is 3.67. The van der Waals surface area contributed by atoms with Crippen LogP contribution in [0.2, 0.25) is 0 Å². The van der Waals surface area contributed by atoms with Crippen molar-refractivity contribution in [2.45, 2.75) is 25.9 Å². The molecule has 0 aliphatic carbocycles. The van der Waals surface area contributed by atoms with Gasteiger partial charge in [0.25, 0.3) is 0 Å². The van der Waals surface area contributed by atoms with Crippen molar-refractivity contribution in [1.82, 2.24) is 0 Å². The lowest BCUT2D eigenvalue weighted by molar-refractivity contribution is 0.357. The molecule has 0 saturated carbocycles. The monoisotopic (exact) mass is 217 g/mol. The fraction of sp³-hybridized carbons (Fsp3) is 0.462. The van der Waals surface area contributed by atoms with Gasteiger partial charge in [0, 0.05) is 24.2 Å². The molecular weight excluding hydrogens is 200 g/mol. The van der Waals surface area contributed by atoms with Gasteiger partial charge in [-0.25, -0.2) is 0 Å². The third kappa shape index (κ3) is 1.31. The van der Waals surface area contributed by atoms with Crippen molar-refractivity contribution in [2.75, 3.05) is 18.1 Å². The van der Waals surface area contributed by atoms with Crippen LogP contribution in [0.3, 0.4) is 0 Å². The van der Waals surface area contributed by atoms with Crippen molar-refractivity contribution in [2.24, 2.45) is 5.73 Å². The number of benzene rings is 1. The molecular formula is C13H17N2O. The molecule has 0 unspecified atom stereocenters. The Hall–Kier alpha value is -1.22. The molecule has 2 aliphatic heterocycles. The number of nitrogens with zero attached hydrogens (tertiary/aromatic N) is 1. The lowest BCUT2D eigenvalue weighted by Gasteiger charge is -2.27. The zero-order valence-corrected chi connectivity index (χ0v) is 9.57.